The van der Waals surface area contributed by atoms with Crippen LogP contribution in [0, 0.1) is 0 Å². The smallest absolute Gasteiger partial charge is 0.305 e. The Kier molecular flexibility index (Phi) is 31.6. The first-order chi connectivity index (χ1) is 18.3. The molecule has 2 heteroatoms. The molecule has 0 amide bonds. The van der Waals surface area contributed by atoms with Crippen LogP contribution in [0.3, 0.4) is 0 Å². The van der Waals surface area contributed by atoms with E-state index in [4.69, 9.17) is 4.74 Å². The number of carbonyl (C=O) groups is 1. The van der Waals surface area contributed by atoms with Crippen molar-refractivity contribution in [1.29, 1.82) is 0 Å². The van der Waals surface area contributed by atoms with Crippen LogP contribution in [-0.2, 0) is 9.53 Å². The zero-order valence-electron chi connectivity index (χ0n) is 25.2. The van der Waals surface area contributed by atoms with Crippen molar-refractivity contribution in [2.24, 2.45) is 0 Å². The van der Waals surface area contributed by atoms with Gasteiger partial charge in [0.05, 0.1) is 6.61 Å². The van der Waals surface area contributed by atoms with Crippen LogP contribution in [0.2, 0.25) is 0 Å². The van der Waals surface area contributed by atoms with Crippen molar-refractivity contribution in [2.45, 2.75) is 174 Å². The molecule has 0 aliphatic heterocycles. The summed E-state index contributed by atoms with van der Waals surface area (Å²) in [5.41, 5.74) is 0. The van der Waals surface area contributed by atoms with Gasteiger partial charge in [-0.05, 0) is 44.9 Å². The molecule has 2 nitrogen and oxygen atoms in total. The molecular formula is C35H64O2. The van der Waals surface area contributed by atoms with E-state index in [0.29, 0.717) is 13.0 Å². The fourth-order valence-electron chi connectivity index (χ4n) is 4.62. The highest BCUT2D eigenvalue weighted by atomic mass is 16.5. The molecule has 0 aliphatic rings. The van der Waals surface area contributed by atoms with Gasteiger partial charge < -0.3 is 4.74 Å². The minimum absolute atomic E-state index is 0.00605. The Morgan fingerprint density at radius 2 is 0.919 bits per heavy atom. The lowest BCUT2D eigenvalue weighted by Crippen LogP contribution is -2.05. The number of hydrogen-bond donors (Lipinski definition) is 0. The first-order valence-electron chi connectivity index (χ1n) is 16.4. The standard InChI is InChI=1S/C35H64O2/c1-3-5-7-9-11-13-15-17-19-21-23-25-27-29-31-33-35(36)37-34-32-30-28-26-24-22-20-18-16-14-12-10-8-6-4-2/h5,7,11,13,17,19H,3-4,6,8-10,12,14-16,18,20-34H2,1-2H3/b7-5-,13-11-,19-17-. The first kappa shape index (κ1) is 35.7. The predicted octanol–water partition coefficient (Wildman–Crippen LogP) is 12.0. The van der Waals surface area contributed by atoms with Gasteiger partial charge in [-0.1, -0.05) is 159 Å². The molecule has 0 radical (unpaired) electrons. The number of carbonyl (C=O) groups excluding carboxylic acids is 1. The molecular weight excluding hydrogens is 452 g/mol. The van der Waals surface area contributed by atoms with Gasteiger partial charge in [0, 0.05) is 6.42 Å². The van der Waals surface area contributed by atoms with Crippen molar-refractivity contribution in [3.63, 3.8) is 0 Å². The van der Waals surface area contributed by atoms with Crippen molar-refractivity contribution in [3.05, 3.63) is 36.5 Å². The second kappa shape index (κ2) is 32.7. The van der Waals surface area contributed by atoms with Gasteiger partial charge in [0.2, 0.25) is 0 Å². The van der Waals surface area contributed by atoms with Gasteiger partial charge in [-0.25, -0.2) is 0 Å². The molecule has 0 aromatic rings. The summed E-state index contributed by atoms with van der Waals surface area (Å²) in [7, 11) is 0. The lowest BCUT2D eigenvalue weighted by atomic mass is 10.0. The molecule has 0 saturated heterocycles. The first-order valence-corrected chi connectivity index (χ1v) is 16.4. The molecule has 0 aromatic heterocycles. The summed E-state index contributed by atoms with van der Waals surface area (Å²) in [6, 6.07) is 0. The van der Waals surface area contributed by atoms with Crippen molar-refractivity contribution in [2.75, 3.05) is 6.61 Å². The maximum atomic E-state index is 11.9. The van der Waals surface area contributed by atoms with E-state index in [1.165, 1.54) is 116 Å². The van der Waals surface area contributed by atoms with Crippen LogP contribution < -0.4 is 0 Å². The van der Waals surface area contributed by atoms with E-state index < -0.39 is 0 Å². The van der Waals surface area contributed by atoms with Crippen LogP contribution >= 0.6 is 0 Å². The molecule has 0 saturated carbocycles. The number of hydrogen-bond acceptors (Lipinski definition) is 2. The average molecular weight is 517 g/mol. The zero-order chi connectivity index (χ0) is 26.9. The Labute approximate surface area is 232 Å². The summed E-state index contributed by atoms with van der Waals surface area (Å²) < 4.78 is 5.42. The minimum Gasteiger partial charge on any atom is -0.466 e. The predicted molar refractivity (Wildman–Crippen MR) is 165 cm³/mol. The summed E-state index contributed by atoms with van der Waals surface area (Å²) in [4.78, 5) is 11.9. The third-order valence-electron chi connectivity index (χ3n) is 7.04. The van der Waals surface area contributed by atoms with Gasteiger partial charge in [0.1, 0.15) is 0 Å². The normalized spacial score (nSPS) is 11.9. The van der Waals surface area contributed by atoms with E-state index in [9.17, 15) is 4.79 Å². The zero-order valence-corrected chi connectivity index (χ0v) is 25.2. The topological polar surface area (TPSA) is 26.3 Å². The van der Waals surface area contributed by atoms with E-state index in [-0.39, 0.29) is 5.97 Å². The van der Waals surface area contributed by atoms with Crippen molar-refractivity contribution in [3.8, 4) is 0 Å². The third-order valence-corrected chi connectivity index (χ3v) is 7.04. The van der Waals surface area contributed by atoms with Crippen molar-refractivity contribution < 1.29 is 9.53 Å². The van der Waals surface area contributed by atoms with Crippen LogP contribution in [-0.4, -0.2) is 12.6 Å². The van der Waals surface area contributed by atoms with E-state index >= 15 is 0 Å². The lowest BCUT2D eigenvalue weighted by molar-refractivity contribution is -0.143. The summed E-state index contributed by atoms with van der Waals surface area (Å²) >= 11 is 0. The molecule has 0 atom stereocenters. The minimum atomic E-state index is 0.00605. The molecule has 0 spiro atoms. The molecule has 0 aliphatic carbocycles. The number of unbranched alkanes of at least 4 members (excludes halogenated alkanes) is 19. The Hall–Kier alpha value is -1.31. The van der Waals surface area contributed by atoms with Crippen LogP contribution in [0.1, 0.15) is 174 Å². The monoisotopic (exact) mass is 516 g/mol. The highest BCUT2D eigenvalue weighted by Gasteiger charge is 2.02. The molecule has 37 heavy (non-hydrogen) atoms. The molecule has 0 unspecified atom stereocenters. The van der Waals surface area contributed by atoms with Crippen LogP contribution in [0.15, 0.2) is 36.5 Å². The largest absolute Gasteiger partial charge is 0.466 e. The lowest BCUT2D eigenvalue weighted by Gasteiger charge is -2.05. The molecule has 0 fully saturated rings. The molecule has 0 aromatic carbocycles. The van der Waals surface area contributed by atoms with Gasteiger partial charge in [-0.2, -0.15) is 0 Å². The summed E-state index contributed by atoms with van der Waals surface area (Å²) in [5.74, 6) is 0.00605. The quantitative estimate of drug-likeness (QED) is 0.0561. The summed E-state index contributed by atoms with van der Waals surface area (Å²) in [6.45, 7) is 5.07. The second-order valence-electron chi connectivity index (χ2n) is 10.8. The Morgan fingerprint density at radius 3 is 1.46 bits per heavy atom. The molecule has 0 bridgehead atoms. The molecule has 0 rings (SSSR count). The van der Waals surface area contributed by atoms with Crippen LogP contribution in [0.25, 0.3) is 0 Å². The molecule has 0 N–H and O–H groups in total. The highest BCUT2D eigenvalue weighted by Crippen LogP contribution is 2.14. The van der Waals surface area contributed by atoms with E-state index in [0.717, 1.165) is 38.5 Å². The number of ether oxygens (including phenoxy) is 1. The second-order valence-corrected chi connectivity index (χ2v) is 10.8. The number of allylic oxidation sites excluding steroid dienone is 6. The molecule has 216 valence electrons. The fraction of sp³-hybridized carbons (Fsp3) is 0.800. The summed E-state index contributed by atoms with van der Waals surface area (Å²) in [5, 5.41) is 0. The highest BCUT2D eigenvalue weighted by molar-refractivity contribution is 5.69. The Morgan fingerprint density at radius 1 is 0.486 bits per heavy atom. The van der Waals surface area contributed by atoms with E-state index in [1.54, 1.807) is 0 Å². The van der Waals surface area contributed by atoms with Gasteiger partial charge in [-0.3, -0.25) is 4.79 Å². The number of esters is 1. The fourth-order valence-corrected chi connectivity index (χ4v) is 4.62. The van der Waals surface area contributed by atoms with Crippen LogP contribution in [0.4, 0.5) is 0 Å². The van der Waals surface area contributed by atoms with Crippen molar-refractivity contribution in [1.82, 2.24) is 0 Å². The van der Waals surface area contributed by atoms with E-state index in [2.05, 4.69) is 50.3 Å². The van der Waals surface area contributed by atoms with Gasteiger partial charge in [0.25, 0.3) is 0 Å². The average Bonchev–Trinajstić information content (AvgIpc) is 2.90. The van der Waals surface area contributed by atoms with Crippen LogP contribution in [0.5, 0.6) is 0 Å². The maximum absolute atomic E-state index is 11.9. The van der Waals surface area contributed by atoms with Crippen molar-refractivity contribution >= 4 is 5.97 Å². The maximum Gasteiger partial charge on any atom is 0.305 e. The third kappa shape index (κ3) is 32.7. The Balaban J connectivity index is 3.24. The SMILES string of the molecule is CC/C=C\C/C=C\C/C=C\CCCCCCCC(=O)OCCCCCCCCCCCCCCCCC. The number of rotatable bonds is 29. The van der Waals surface area contributed by atoms with Gasteiger partial charge in [0.15, 0.2) is 0 Å². The van der Waals surface area contributed by atoms with Gasteiger partial charge >= 0.3 is 5.97 Å². The van der Waals surface area contributed by atoms with E-state index in [1.807, 2.05) is 0 Å². The molecule has 0 heterocycles. The summed E-state index contributed by atoms with van der Waals surface area (Å²) in [6.07, 6.45) is 44.8. The Bertz CT molecular complexity index is 531. The van der Waals surface area contributed by atoms with Gasteiger partial charge in [-0.15, -0.1) is 0 Å².